The fraction of sp³-hybridized carbons (Fsp3) is 0.0227. The second-order valence-corrected chi connectivity index (χ2v) is 24.3. The van der Waals surface area contributed by atoms with E-state index in [0.29, 0.717) is 0 Å². The van der Waals surface area contributed by atoms with E-state index in [-0.39, 0.29) is 0 Å². The molecule has 0 atom stereocenters. The maximum Gasteiger partial charge on any atom is 0.0726 e. The highest BCUT2D eigenvalue weighted by Gasteiger charge is 2.53. The number of para-hydroxylation sites is 2. The van der Waals surface area contributed by atoms with Crippen LogP contribution in [0.25, 0.3) is 78.9 Å². The Balaban J connectivity index is 0.765. The zero-order valence-electron chi connectivity index (χ0n) is 49.4. The fourth-order valence-corrected chi connectivity index (χ4v) is 15.9. The van der Waals surface area contributed by atoms with Crippen molar-refractivity contribution in [3.8, 4) is 66.8 Å². The average Bonchev–Trinajstić information content (AvgIpc) is 1.57. The molecule has 4 aliphatic carbocycles. The lowest BCUT2D eigenvalue weighted by Crippen LogP contribution is -2.26. The number of anilines is 6. The molecular weight excluding hydrogens is 1080 g/mol. The Morgan fingerprint density at radius 2 is 0.422 bits per heavy atom. The van der Waals surface area contributed by atoms with Crippen molar-refractivity contribution in [1.82, 2.24) is 0 Å². The Hall–Kier alpha value is -11.6. The van der Waals surface area contributed by atoms with Gasteiger partial charge in [0.25, 0.3) is 0 Å². The lowest BCUT2D eigenvalue weighted by atomic mass is 9.70. The highest BCUT2D eigenvalue weighted by molar-refractivity contribution is 5.99. The van der Waals surface area contributed by atoms with Crippen LogP contribution >= 0.6 is 0 Å². The van der Waals surface area contributed by atoms with Gasteiger partial charge in [-0.1, -0.05) is 267 Å². The second kappa shape index (κ2) is 20.5. The normalized spacial score (nSPS) is 13.5. The summed E-state index contributed by atoms with van der Waals surface area (Å²) >= 11 is 0. The van der Waals surface area contributed by atoms with E-state index in [2.05, 4.69) is 362 Å². The molecule has 2 heteroatoms. The first-order chi connectivity index (χ1) is 44.6. The molecule has 420 valence electrons. The smallest absolute Gasteiger partial charge is 0.0726 e. The van der Waals surface area contributed by atoms with Gasteiger partial charge < -0.3 is 9.80 Å². The van der Waals surface area contributed by atoms with Crippen LogP contribution in [0.3, 0.4) is 0 Å². The molecular formula is C88H58N2. The van der Waals surface area contributed by atoms with Crippen molar-refractivity contribution in [2.24, 2.45) is 0 Å². The minimum absolute atomic E-state index is 0.563. The average molecular weight is 1140 g/mol. The van der Waals surface area contributed by atoms with Crippen molar-refractivity contribution in [2.45, 2.75) is 10.8 Å². The van der Waals surface area contributed by atoms with Crippen molar-refractivity contribution in [2.75, 3.05) is 9.80 Å². The monoisotopic (exact) mass is 1140 g/mol. The zero-order valence-corrected chi connectivity index (χ0v) is 49.4. The molecule has 0 amide bonds. The summed E-state index contributed by atoms with van der Waals surface area (Å²) in [6.45, 7) is 0. The van der Waals surface area contributed by atoms with Crippen molar-refractivity contribution in [3.05, 3.63) is 395 Å². The number of fused-ring (bicyclic) bond motifs is 20. The number of nitrogens with zero attached hydrogens (tertiary/aromatic N) is 2. The Morgan fingerprint density at radius 3 is 0.767 bits per heavy atom. The SMILES string of the molecule is C(=Cc1ccc2c(c1)C1(c3ccccc3-c3ccccc31)c1cc(N(c3ccccc3)c3ccc(-c4ccccc4)cc3)ccc1-2)c1ccc2c(c1)C1(c3ccccc3-c3ccccc31)c1cc(N(c3ccccc3)c3ccc(-c4ccccc4)cc3)ccc1-2. The third kappa shape index (κ3) is 7.71. The molecule has 0 saturated carbocycles. The van der Waals surface area contributed by atoms with Gasteiger partial charge in [0.1, 0.15) is 0 Å². The number of rotatable bonds is 10. The second-order valence-electron chi connectivity index (χ2n) is 24.3. The fourth-order valence-electron chi connectivity index (χ4n) is 15.9. The summed E-state index contributed by atoms with van der Waals surface area (Å²) < 4.78 is 0. The highest BCUT2D eigenvalue weighted by Crippen LogP contribution is 2.65. The summed E-state index contributed by atoms with van der Waals surface area (Å²) in [6, 6.07) is 126. The Bertz CT molecular complexity index is 4740. The van der Waals surface area contributed by atoms with Crippen LogP contribution in [0.1, 0.15) is 55.6 Å². The van der Waals surface area contributed by atoms with Gasteiger partial charge in [-0.15, -0.1) is 0 Å². The zero-order chi connectivity index (χ0) is 59.3. The molecule has 2 nitrogen and oxygen atoms in total. The molecule has 14 aromatic rings. The van der Waals surface area contributed by atoms with Crippen LogP contribution < -0.4 is 9.80 Å². The molecule has 90 heavy (non-hydrogen) atoms. The Kier molecular flexibility index (Phi) is 11.8. The van der Waals surface area contributed by atoms with Gasteiger partial charge in [0.05, 0.1) is 10.8 Å². The van der Waals surface area contributed by atoms with Gasteiger partial charge in [0.15, 0.2) is 0 Å². The lowest BCUT2D eigenvalue weighted by Gasteiger charge is -2.32. The van der Waals surface area contributed by atoms with Crippen molar-refractivity contribution in [3.63, 3.8) is 0 Å². The summed E-state index contributed by atoms with van der Waals surface area (Å²) in [7, 11) is 0. The van der Waals surface area contributed by atoms with E-state index in [4.69, 9.17) is 0 Å². The topological polar surface area (TPSA) is 6.48 Å². The first-order valence-electron chi connectivity index (χ1n) is 31.3. The van der Waals surface area contributed by atoms with Crippen LogP contribution in [-0.2, 0) is 10.8 Å². The molecule has 0 fully saturated rings. The molecule has 0 aliphatic heterocycles. The standard InChI is InChI=1S/C88H58N2/c1-5-21-61(22-6-1)63-41-45-67(46-42-63)89(65-25-9-3-10-26-65)69-49-53-77-75-51-39-59(55-83(75)87(85(77)57-69)79-33-17-13-29-71(79)72-30-14-18-34-80(72)87)37-38-60-40-52-76-78-54-50-70(90(66-27-11-4-12-28-66)68-47-43-64(44-48-68)62-23-7-2-8-24-62)58-86(78)88(84(76)56-60)81-35-19-15-31-73(81)74-32-16-20-36-82(74)88/h1-58H. The largest absolute Gasteiger partial charge is 0.310 e. The van der Waals surface area contributed by atoms with E-state index in [1.807, 2.05) is 0 Å². The van der Waals surface area contributed by atoms with Gasteiger partial charge in [0, 0.05) is 34.1 Å². The van der Waals surface area contributed by atoms with Gasteiger partial charge >= 0.3 is 0 Å². The van der Waals surface area contributed by atoms with E-state index in [1.54, 1.807) is 0 Å². The molecule has 0 aromatic heterocycles. The Morgan fingerprint density at radius 1 is 0.178 bits per heavy atom. The molecule has 0 radical (unpaired) electrons. The molecule has 14 aromatic carbocycles. The highest BCUT2D eigenvalue weighted by atomic mass is 15.1. The maximum absolute atomic E-state index is 2.49. The predicted octanol–water partition coefficient (Wildman–Crippen LogP) is 22.8. The lowest BCUT2D eigenvalue weighted by molar-refractivity contribution is 0.793. The quantitative estimate of drug-likeness (QED) is 0.126. The molecule has 0 heterocycles. The van der Waals surface area contributed by atoms with E-state index < -0.39 is 10.8 Å². The number of hydrogen-bond donors (Lipinski definition) is 0. The van der Waals surface area contributed by atoms with E-state index in [0.717, 1.165) is 45.3 Å². The summed E-state index contributed by atoms with van der Waals surface area (Å²) in [6.07, 6.45) is 4.69. The van der Waals surface area contributed by atoms with Gasteiger partial charge in [0.2, 0.25) is 0 Å². The molecule has 2 spiro atoms. The number of hydrogen-bond acceptors (Lipinski definition) is 2. The van der Waals surface area contributed by atoms with Gasteiger partial charge in [-0.25, -0.2) is 0 Å². The Labute approximate surface area is 525 Å². The molecule has 0 unspecified atom stereocenters. The van der Waals surface area contributed by atoms with Gasteiger partial charge in [-0.2, -0.15) is 0 Å². The molecule has 0 saturated heterocycles. The first-order valence-corrected chi connectivity index (χ1v) is 31.3. The van der Waals surface area contributed by atoms with Crippen LogP contribution in [-0.4, -0.2) is 0 Å². The van der Waals surface area contributed by atoms with Gasteiger partial charge in [-0.05, 0) is 207 Å². The molecule has 0 bridgehead atoms. The predicted molar refractivity (Wildman–Crippen MR) is 375 cm³/mol. The summed E-state index contributed by atoms with van der Waals surface area (Å²) in [5.41, 5.74) is 33.3. The minimum Gasteiger partial charge on any atom is -0.310 e. The summed E-state index contributed by atoms with van der Waals surface area (Å²) in [5.74, 6) is 0. The molecule has 4 aliphatic rings. The van der Waals surface area contributed by atoms with E-state index >= 15 is 0 Å². The summed E-state index contributed by atoms with van der Waals surface area (Å²) in [4.78, 5) is 4.83. The van der Waals surface area contributed by atoms with Crippen LogP contribution in [0.15, 0.2) is 340 Å². The number of benzene rings is 14. The third-order valence-corrected chi connectivity index (χ3v) is 19.7. The summed E-state index contributed by atoms with van der Waals surface area (Å²) in [5, 5.41) is 0. The third-order valence-electron chi connectivity index (χ3n) is 19.7. The van der Waals surface area contributed by atoms with Crippen molar-refractivity contribution in [1.29, 1.82) is 0 Å². The van der Waals surface area contributed by atoms with Crippen LogP contribution in [0.5, 0.6) is 0 Å². The van der Waals surface area contributed by atoms with Gasteiger partial charge in [-0.3, -0.25) is 0 Å². The van der Waals surface area contributed by atoms with Crippen molar-refractivity contribution < 1.29 is 0 Å². The van der Waals surface area contributed by atoms with Crippen LogP contribution in [0, 0.1) is 0 Å². The molecule has 18 rings (SSSR count). The van der Waals surface area contributed by atoms with E-state index in [9.17, 15) is 0 Å². The van der Waals surface area contributed by atoms with Crippen LogP contribution in [0.4, 0.5) is 34.1 Å². The minimum atomic E-state index is -0.563. The maximum atomic E-state index is 2.49. The van der Waals surface area contributed by atoms with E-state index in [1.165, 1.54) is 111 Å². The first kappa shape index (κ1) is 51.6. The van der Waals surface area contributed by atoms with Crippen molar-refractivity contribution >= 4 is 46.3 Å². The van der Waals surface area contributed by atoms with Crippen LogP contribution in [0.2, 0.25) is 0 Å². The molecule has 0 N–H and O–H groups in total.